The van der Waals surface area contributed by atoms with Crippen LogP contribution in [0, 0.1) is 20.2 Å². The highest BCUT2D eigenvalue weighted by Crippen LogP contribution is 2.36. The number of rotatable bonds is 12. The van der Waals surface area contributed by atoms with Crippen molar-refractivity contribution in [2.45, 2.75) is 6.42 Å². The van der Waals surface area contributed by atoms with Gasteiger partial charge in [-0.2, -0.15) is 0 Å². The molecule has 0 atom stereocenters. The second kappa shape index (κ2) is 11.8. The molecule has 0 radical (unpaired) electrons. The molecule has 0 saturated carbocycles. The first kappa shape index (κ1) is 29.5. The predicted octanol–water partition coefficient (Wildman–Crippen LogP) is 3.27. The molecule has 4 aromatic rings. The maximum atomic E-state index is 13.1. The highest BCUT2D eigenvalue weighted by Gasteiger charge is 2.35. The van der Waals surface area contributed by atoms with E-state index in [0.29, 0.717) is 43.4 Å². The summed E-state index contributed by atoms with van der Waals surface area (Å²) >= 11 is 0. The number of nitro benzene ring substituents is 2. The van der Waals surface area contributed by atoms with Crippen LogP contribution in [-0.4, -0.2) is 82.5 Å². The van der Waals surface area contributed by atoms with E-state index >= 15 is 0 Å². The van der Waals surface area contributed by atoms with Gasteiger partial charge in [-0.3, -0.25) is 49.2 Å². The first-order chi connectivity index (χ1) is 21.7. The van der Waals surface area contributed by atoms with Crippen molar-refractivity contribution in [3.63, 3.8) is 0 Å². The Morgan fingerprint density at radius 3 is 1.29 bits per heavy atom. The lowest BCUT2D eigenvalue weighted by Gasteiger charge is -2.27. The van der Waals surface area contributed by atoms with Gasteiger partial charge in [0.2, 0.25) is 0 Å². The first-order valence-electron chi connectivity index (χ1n) is 14.2. The third-order valence-electron chi connectivity index (χ3n) is 8.06. The standard InChI is InChI=1S/C31H26N6O8/c38-28-20-6-1-4-18-24(36(42)43)10-8-22(26(18)20)30(40)34(28)16-14-32-12-3-13-33-15-17-35-29(39)21-7-2-5-19-25(37(44)45)11-9-23(27(19)21)31(35)41/h1-2,4-11,32-33H,3,12-17H2. The molecule has 2 heterocycles. The molecular formula is C31H26N6O8. The number of carbonyl (C=O) groups excluding carboxylic acids is 4. The number of imide groups is 2. The number of carbonyl (C=O) groups is 4. The molecule has 45 heavy (non-hydrogen) atoms. The molecule has 2 aliphatic heterocycles. The smallest absolute Gasteiger partial charge is 0.277 e. The fourth-order valence-electron chi connectivity index (χ4n) is 5.96. The lowest BCUT2D eigenvalue weighted by molar-refractivity contribution is -0.383. The third-order valence-corrected chi connectivity index (χ3v) is 8.06. The first-order valence-corrected chi connectivity index (χ1v) is 14.2. The van der Waals surface area contributed by atoms with Crippen molar-refractivity contribution in [1.29, 1.82) is 0 Å². The van der Waals surface area contributed by atoms with Crippen molar-refractivity contribution in [2.75, 3.05) is 39.3 Å². The zero-order chi connectivity index (χ0) is 31.8. The van der Waals surface area contributed by atoms with Gasteiger partial charge in [-0.05, 0) is 55.9 Å². The van der Waals surface area contributed by atoms with Gasteiger partial charge in [0.15, 0.2) is 0 Å². The number of benzene rings is 4. The average molecular weight is 611 g/mol. The topological polar surface area (TPSA) is 185 Å². The van der Waals surface area contributed by atoms with Crippen LogP contribution in [-0.2, 0) is 0 Å². The molecule has 0 spiro atoms. The number of nitrogens with one attached hydrogen (secondary N) is 2. The number of hydrogen-bond acceptors (Lipinski definition) is 10. The van der Waals surface area contributed by atoms with E-state index in [9.17, 15) is 39.4 Å². The maximum Gasteiger partial charge on any atom is 0.277 e. The van der Waals surface area contributed by atoms with Crippen molar-refractivity contribution in [1.82, 2.24) is 20.4 Å². The SMILES string of the molecule is O=C1c2cccc3c([N+](=O)[O-])ccc(c23)C(=O)N1CCNCCCNCCN1C(=O)c2cccc3c([N+](=O)[O-])ccc(c23)C1=O. The Morgan fingerprint density at radius 1 is 0.533 bits per heavy atom. The zero-order valence-electron chi connectivity index (χ0n) is 23.8. The van der Waals surface area contributed by atoms with E-state index < -0.39 is 33.5 Å². The van der Waals surface area contributed by atoms with Crippen molar-refractivity contribution in [3.8, 4) is 0 Å². The van der Waals surface area contributed by atoms with Gasteiger partial charge in [0, 0.05) is 71.3 Å². The van der Waals surface area contributed by atoms with E-state index in [1.165, 1.54) is 36.4 Å². The molecule has 6 rings (SSSR count). The summed E-state index contributed by atoms with van der Waals surface area (Å²) in [5.74, 6) is -2.00. The number of amides is 4. The van der Waals surface area contributed by atoms with Crippen LogP contribution in [0.3, 0.4) is 0 Å². The van der Waals surface area contributed by atoms with Crippen LogP contribution in [0.5, 0.6) is 0 Å². The summed E-state index contributed by atoms with van der Waals surface area (Å²) in [4.78, 5) is 76.4. The normalized spacial score (nSPS) is 14.1. The average Bonchev–Trinajstić information content (AvgIpc) is 3.03. The Bertz CT molecular complexity index is 1770. The summed E-state index contributed by atoms with van der Waals surface area (Å²) in [5, 5.41) is 30.3. The number of hydrogen-bond donors (Lipinski definition) is 2. The minimum Gasteiger partial charge on any atom is -0.315 e. The summed E-state index contributed by atoms with van der Waals surface area (Å²) in [7, 11) is 0. The molecule has 14 heteroatoms. The van der Waals surface area contributed by atoms with Crippen molar-refractivity contribution in [3.05, 3.63) is 103 Å². The zero-order valence-corrected chi connectivity index (χ0v) is 23.8. The lowest BCUT2D eigenvalue weighted by Crippen LogP contribution is -2.44. The molecule has 0 unspecified atom stereocenters. The van der Waals surface area contributed by atoms with Crippen molar-refractivity contribution < 1.29 is 29.0 Å². The van der Waals surface area contributed by atoms with Crippen LogP contribution in [0.15, 0.2) is 60.7 Å². The van der Waals surface area contributed by atoms with E-state index in [-0.39, 0.29) is 57.5 Å². The monoisotopic (exact) mass is 610 g/mol. The molecule has 228 valence electrons. The highest BCUT2D eigenvalue weighted by atomic mass is 16.6. The summed E-state index contributed by atoms with van der Waals surface area (Å²) < 4.78 is 0. The summed E-state index contributed by atoms with van der Waals surface area (Å²) in [6, 6.07) is 14.7. The number of non-ortho nitro benzene ring substituents is 2. The second-order valence-corrected chi connectivity index (χ2v) is 10.6. The van der Waals surface area contributed by atoms with E-state index in [4.69, 9.17) is 0 Å². The van der Waals surface area contributed by atoms with Crippen LogP contribution in [0.25, 0.3) is 21.5 Å². The molecule has 0 fully saturated rings. The van der Waals surface area contributed by atoms with E-state index in [1.807, 2.05) is 0 Å². The quantitative estimate of drug-likeness (QED) is 0.104. The molecular weight excluding hydrogens is 584 g/mol. The largest absolute Gasteiger partial charge is 0.315 e. The van der Waals surface area contributed by atoms with Crippen LogP contribution in [0.4, 0.5) is 11.4 Å². The molecule has 0 saturated heterocycles. The fourth-order valence-corrected chi connectivity index (χ4v) is 5.96. The molecule has 2 aliphatic rings. The van der Waals surface area contributed by atoms with E-state index in [1.54, 1.807) is 24.3 Å². The Morgan fingerprint density at radius 2 is 0.911 bits per heavy atom. The minimum absolute atomic E-state index is 0.120. The molecule has 0 aliphatic carbocycles. The second-order valence-electron chi connectivity index (χ2n) is 10.6. The number of nitrogens with zero attached hydrogens (tertiary/aromatic N) is 4. The third kappa shape index (κ3) is 5.05. The number of nitro groups is 2. The highest BCUT2D eigenvalue weighted by molar-refractivity contribution is 6.27. The molecule has 0 bridgehead atoms. The maximum absolute atomic E-state index is 13.1. The van der Waals surface area contributed by atoms with Crippen LogP contribution >= 0.6 is 0 Å². The van der Waals surface area contributed by atoms with Gasteiger partial charge >= 0.3 is 0 Å². The minimum atomic E-state index is -0.535. The molecule has 14 nitrogen and oxygen atoms in total. The van der Waals surface area contributed by atoms with E-state index in [2.05, 4.69) is 10.6 Å². The molecule has 0 aromatic heterocycles. The van der Waals surface area contributed by atoms with Gasteiger partial charge in [0.1, 0.15) is 0 Å². The Labute approximate surface area is 254 Å². The van der Waals surface area contributed by atoms with Crippen LogP contribution in [0.2, 0.25) is 0 Å². The molecule has 4 aromatic carbocycles. The lowest BCUT2D eigenvalue weighted by atomic mass is 9.93. The van der Waals surface area contributed by atoms with Crippen molar-refractivity contribution in [2.24, 2.45) is 0 Å². The summed E-state index contributed by atoms with van der Waals surface area (Å²) in [6.07, 6.45) is 0.682. The van der Waals surface area contributed by atoms with Gasteiger partial charge in [0.25, 0.3) is 35.0 Å². The summed E-state index contributed by atoms with van der Waals surface area (Å²) in [5.41, 5.74) is 0.684. The Balaban J connectivity index is 0.967. The van der Waals surface area contributed by atoms with Gasteiger partial charge in [-0.1, -0.05) is 12.1 Å². The Hall–Kier alpha value is -5.60. The fraction of sp³-hybridized carbons (Fsp3) is 0.226. The van der Waals surface area contributed by atoms with E-state index in [0.717, 1.165) is 9.80 Å². The Kier molecular flexibility index (Phi) is 7.74. The van der Waals surface area contributed by atoms with Gasteiger partial charge < -0.3 is 10.6 Å². The van der Waals surface area contributed by atoms with Gasteiger partial charge in [-0.25, -0.2) is 0 Å². The summed E-state index contributed by atoms with van der Waals surface area (Å²) in [6.45, 7) is 2.06. The molecule has 4 amide bonds. The van der Waals surface area contributed by atoms with Gasteiger partial charge in [0.05, 0.1) is 20.6 Å². The van der Waals surface area contributed by atoms with Crippen LogP contribution in [0.1, 0.15) is 47.9 Å². The van der Waals surface area contributed by atoms with Crippen molar-refractivity contribution >= 4 is 56.5 Å². The van der Waals surface area contributed by atoms with Gasteiger partial charge in [-0.15, -0.1) is 0 Å². The van der Waals surface area contributed by atoms with Crippen LogP contribution < -0.4 is 10.6 Å². The predicted molar refractivity (Wildman–Crippen MR) is 162 cm³/mol. The molecule has 2 N–H and O–H groups in total.